The van der Waals surface area contributed by atoms with Crippen LogP contribution >= 0.6 is 11.6 Å². The molecule has 0 atom stereocenters. The van der Waals surface area contributed by atoms with Crippen LogP contribution in [-0.4, -0.2) is 10.5 Å². The largest absolute Gasteiger partial charge is 0.420 e. The van der Waals surface area contributed by atoms with Crippen LogP contribution < -0.4 is 11.1 Å². The number of carbonyl (C=O) groups is 1. The Balaban J connectivity index is 1.81. The van der Waals surface area contributed by atoms with Gasteiger partial charge in [-0.25, -0.2) is 4.79 Å². The molecule has 3 rings (SSSR count). The molecule has 0 radical (unpaired) electrons. The minimum Gasteiger partial charge on any atom is -0.408 e. The molecule has 114 valence electrons. The van der Waals surface area contributed by atoms with E-state index in [4.69, 9.17) is 21.3 Å². The van der Waals surface area contributed by atoms with E-state index in [1.54, 1.807) is 36.4 Å². The van der Waals surface area contributed by atoms with Gasteiger partial charge in [-0.2, -0.15) is 5.26 Å². The summed E-state index contributed by atoms with van der Waals surface area (Å²) in [6.07, 6.45) is 0. The Bertz CT molecular complexity index is 980. The summed E-state index contributed by atoms with van der Waals surface area (Å²) in [5, 5.41) is 11.8. The summed E-state index contributed by atoms with van der Waals surface area (Å²) >= 11 is 5.84. The molecule has 2 aromatic carbocycles. The molecule has 1 heterocycles. The second-order valence-corrected chi connectivity index (χ2v) is 5.24. The fourth-order valence-corrected chi connectivity index (χ4v) is 2.32. The lowest BCUT2D eigenvalue weighted by Gasteiger charge is -2.05. The van der Waals surface area contributed by atoms with Crippen LogP contribution in [0.3, 0.4) is 0 Å². The molecule has 0 aliphatic rings. The second-order valence-electron chi connectivity index (χ2n) is 4.80. The van der Waals surface area contributed by atoms with Crippen molar-refractivity contribution in [2.24, 2.45) is 0 Å². The van der Waals surface area contributed by atoms with Gasteiger partial charge in [0.2, 0.25) is 5.91 Å². The van der Waals surface area contributed by atoms with Crippen LogP contribution in [0.4, 0.5) is 5.69 Å². The van der Waals surface area contributed by atoms with E-state index in [0.29, 0.717) is 27.4 Å². The van der Waals surface area contributed by atoms with Gasteiger partial charge < -0.3 is 9.73 Å². The maximum atomic E-state index is 12.1. The SMILES string of the molecule is N#Cc1ccc(NC(=O)Cn2c(=O)oc3cc(Cl)ccc32)cc1. The van der Waals surface area contributed by atoms with Crippen molar-refractivity contribution >= 4 is 34.3 Å². The first-order valence-corrected chi connectivity index (χ1v) is 7.03. The Morgan fingerprint density at radius 3 is 2.70 bits per heavy atom. The fraction of sp³-hybridized carbons (Fsp3) is 0.0625. The Morgan fingerprint density at radius 2 is 2.00 bits per heavy atom. The van der Waals surface area contributed by atoms with Crippen LogP contribution in [0, 0.1) is 11.3 Å². The average Bonchev–Trinajstić information content (AvgIpc) is 2.83. The van der Waals surface area contributed by atoms with E-state index in [2.05, 4.69) is 5.32 Å². The predicted octanol–water partition coefficient (Wildman–Crippen LogP) is 2.76. The number of nitrogens with zero attached hydrogens (tertiary/aromatic N) is 2. The maximum absolute atomic E-state index is 12.1. The summed E-state index contributed by atoms with van der Waals surface area (Å²) in [7, 11) is 0. The minimum atomic E-state index is -0.628. The molecular weight excluding hydrogens is 318 g/mol. The molecule has 7 heteroatoms. The summed E-state index contributed by atoms with van der Waals surface area (Å²) in [5.74, 6) is -1.01. The van der Waals surface area contributed by atoms with Crippen molar-refractivity contribution in [3.63, 3.8) is 0 Å². The number of rotatable bonds is 3. The third-order valence-electron chi connectivity index (χ3n) is 3.23. The van der Waals surface area contributed by atoms with Gasteiger partial charge in [-0.3, -0.25) is 9.36 Å². The minimum absolute atomic E-state index is 0.187. The molecule has 0 unspecified atom stereocenters. The molecule has 1 N–H and O–H groups in total. The lowest BCUT2D eigenvalue weighted by atomic mass is 10.2. The molecule has 6 nitrogen and oxygen atoms in total. The van der Waals surface area contributed by atoms with E-state index in [0.717, 1.165) is 0 Å². The second kappa shape index (κ2) is 5.99. The quantitative estimate of drug-likeness (QED) is 0.801. The number of carbonyl (C=O) groups excluding carboxylic acids is 1. The number of aromatic nitrogens is 1. The maximum Gasteiger partial charge on any atom is 0.420 e. The number of anilines is 1. The van der Waals surface area contributed by atoms with Crippen molar-refractivity contribution in [1.29, 1.82) is 5.26 Å². The van der Waals surface area contributed by atoms with Crippen molar-refractivity contribution in [3.8, 4) is 6.07 Å². The first kappa shape index (κ1) is 14.9. The summed E-state index contributed by atoms with van der Waals surface area (Å²) in [6, 6.07) is 13.2. The molecule has 0 aliphatic heterocycles. The normalized spacial score (nSPS) is 10.4. The van der Waals surface area contributed by atoms with Crippen molar-refractivity contribution in [2.75, 3.05) is 5.32 Å². The number of hydrogen-bond acceptors (Lipinski definition) is 4. The number of nitrogens with one attached hydrogen (secondary N) is 1. The Hall–Kier alpha value is -3.04. The number of benzene rings is 2. The van der Waals surface area contributed by atoms with Crippen LogP contribution in [-0.2, 0) is 11.3 Å². The Kier molecular flexibility index (Phi) is 3.87. The molecule has 23 heavy (non-hydrogen) atoms. The van der Waals surface area contributed by atoms with Crippen LogP contribution in [0.2, 0.25) is 5.02 Å². The van der Waals surface area contributed by atoms with Crippen LogP contribution in [0.5, 0.6) is 0 Å². The molecule has 0 saturated heterocycles. The lowest BCUT2D eigenvalue weighted by molar-refractivity contribution is -0.116. The van der Waals surface area contributed by atoms with Gasteiger partial charge in [-0.1, -0.05) is 11.6 Å². The van der Waals surface area contributed by atoms with Gasteiger partial charge in [0.15, 0.2) is 5.58 Å². The van der Waals surface area contributed by atoms with E-state index in [-0.39, 0.29) is 12.5 Å². The number of fused-ring (bicyclic) bond motifs is 1. The van der Waals surface area contributed by atoms with Gasteiger partial charge in [0.1, 0.15) is 6.54 Å². The first-order valence-electron chi connectivity index (χ1n) is 6.66. The monoisotopic (exact) mass is 327 g/mol. The predicted molar refractivity (Wildman–Crippen MR) is 85.3 cm³/mol. The summed E-state index contributed by atoms with van der Waals surface area (Å²) in [6.45, 7) is -0.187. The molecule has 0 spiro atoms. The van der Waals surface area contributed by atoms with Gasteiger partial charge in [0.05, 0.1) is 17.1 Å². The molecular formula is C16H10ClN3O3. The molecule has 3 aromatic rings. The van der Waals surface area contributed by atoms with E-state index < -0.39 is 5.76 Å². The average molecular weight is 328 g/mol. The van der Waals surface area contributed by atoms with Crippen molar-refractivity contribution < 1.29 is 9.21 Å². The summed E-state index contributed by atoms with van der Waals surface area (Å²) < 4.78 is 6.29. The summed E-state index contributed by atoms with van der Waals surface area (Å²) in [4.78, 5) is 24.0. The van der Waals surface area contributed by atoms with Gasteiger partial charge in [-0.05, 0) is 36.4 Å². The zero-order chi connectivity index (χ0) is 16.4. The smallest absolute Gasteiger partial charge is 0.408 e. The number of halogens is 1. The van der Waals surface area contributed by atoms with E-state index >= 15 is 0 Å². The number of amides is 1. The molecule has 0 aliphatic carbocycles. The first-order chi connectivity index (χ1) is 11.1. The highest BCUT2D eigenvalue weighted by Crippen LogP contribution is 2.18. The van der Waals surface area contributed by atoms with Crippen LogP contribution in [0.25, 0.3) is 11.1 Å². The Morgan fingerprint density at radius 1 is 1.26 bits per heavy atom. The van der Waals surface area contributed by atoms with Gasteiger partial charge in [0.25, 0.3) is 0 Å². The molecule has 0 fully saturated rings. The number of hydrogen-bond donors (Lipinski definition) is 1. The molecule has 0 bridgehead atoms. The third kappa shape index (κ3) is 3.10. The molecule has 0 saturated carbocycles. The fourth-order valence-electron chi connectivity index (χ4n) is 2.16. The van der Waals surface area contributed by atoms with Crippen LogP contribution in [0.1, 0.15) is 5.56 Å². The van der Waals surface area contributed by atoms with Gasteiger partial charge in [-0.15, -0.1) is 0 Å². The lowest BCUT2D eigenvalue weighted by Crippen LogP contribution is -2.24. The zero-order valence-electron chi connectivity index (χ0n) is 11.7. The van der Waals surface area contributed by atoms with Crippen molar-refractivity contribution in [1.82, 2.24) is 4.57 Å². The van der Waals surface area contributed by atoms with E-state index in [1.807, 2.05) is 6.07 Å². The van der Waals surface area contributed by atoms with E-state index in [1.165, 1.54) is 10.6 Å². The van der Waals surface area contributed by atoms with Crippen LogP contribution in [0.15, 0.2) is 51.7 Å². The van der Waals surface area contributed by atoms with E-state index in [9.17, 15) is 9.59 Å². The van der Waals surface area contributed by atoms with Gasteiger partial charge in [0, 0.05) is 16.8 Å². The standard InChI is InChI=1S/C16H10ClN3O3/c17-11-3-6-13-14(7-11)23-16(22)20(13)9-15(21)19-12-4-1-10(8-18)2-5-12/h1-7H,9H2,(H,19,21). The highest BCUT2D eigenvalue weighted by molar-refractivity contribution is 6.31. The highest BCUT2D eigenvalue weighted by Gasteiger charge is 2.13. The molecule has 1 aromatic heterocycles. The Labute approximate surface area is 135 Å². The van der Waals surface area contributed by atoms with Crippen molar-refractivity contribution in [3.05, 3.63) is 63.6 Å². The summed E-state index contributed by atoms with van der Waals surface area (Å²) in [5.41, 5.74) is 1.86. The topological polar surface area (TPSA) is 88.0 Å². The highest BCUT2D eigenvalue weighted by atomic mass is 35.5. The third-order valence-corrected chi connectivity index (χ3v) is 3.46. The van der Waals surface area contributed by atoms with Crippen molar-refractivity contribution in [2.45, 2.75) is 6.54 Å². The van der Waals surface area contributed by atoms with Gasteiger partial charge >= 0.3 is 5.76 Å². The number of nitriles is 1. The zero-order valence-corrected chi connectivity index (χ0v) is 12.5. The number of oxazole rings is 1. The molecule has 1 amide bonds.